The van der Waals surface area contributed by atoms with Crippen molar-refractivity contribution in [2.75, 3.05) is 0 Å². The second-order valence-corrected chi connectivity index (χ2v) is 5.15. The molecule has 0 unspecified atom stereocenters. The van der Waals surface area contributed by atoms with Crippen LogP contribution >= 0.6 is 0 Å². The van der Waals surface area contributed by atoms with E-state index in [1.54, 1.807) is 13.8 Å². The molecule has 1 heterocycles. The van der Waals surface area contributed by atoms with Crippen LogP contribution in [0.4, 0.5) is 0 Å². The van der Waals surface area contributed by atoms with E-state index >= 15 is 0 Å². The second kappa shape index (κ2) is 4.14. The van der Waals surface area contributed by atoms with E-state index < -0.39 is 17.2 Å². The van der Waals surface area contributed by atoms with Gasteiger partial charge in [-0.2, -0.15) is 0 Å². The lowest BCUT2D eigenvalue weighted by Gasteiger charge is -2.20. The molecule has 1 aromatic rings. The molecule has 1 aliphatic carbocycles. The van der Waals surface area contributed by atoms with Gasteiger partial charge in [0.05, 0.1) is 11.5 Å². The molecule has 1 aromatic heterocycles. The van der Waals surface area contributed by atoms with Crippen molar-refractivity contribution in [3.8, 4) is 12.3 Å². The fourth-order valence-electron chi connectivity index (χ4n) is 2.45. The smallest absolute Gasteiger partial charge is 0.328 e. The van der Waals surface area contributed by atoms with Crippen molar-refractivity contribution in [1.82, 2.24) is 9.55 Å². The third-order valence-corrected chi connectivity index (χ3v) is 3.76. The van der Waals surface area contributed by atoms with Crippen LogP contribution in [0.15, 0.2) is 15.8 Å². The summed E-state index contributed by atoms with van der Waals surface area (Å²) in [7, 11) is 0. The average Bonchev–Trinajstić information content (AvgIpc) is 2.61. The van der Waals surface area contributed by atoms with Crippen molar-refractivity contribution < 1.29 is 5.11 Å². The Morgan fingerprint density at radius 1 is 1.61 bits per heavy atom. The van der Waals surface area contributed by atoms with Crippen molar-refractivity contribution in [3.05, 3.63) is 32.6 Å². The number of terminal acetylenes is 1. The summed E-state index contributed by atoms with van der Waals surface area (Å²) in [6.07, 6.45) is 7.28. The summed E-state index contributed by atoms with van der Waals surface area (Å²) >= 11 is 0. The van der Waals surface area contributed by atoms with Gasteiger partial charge in [-0.3, -0.25) is 14.3 Å². The van der Waals surface area contributed by atoms with Gasteiger partial charge in [-0.1, -0.05) is 5.92 Å². The quantitative estimate of drug-likeness (QED) is 0.696. The Kier molecular flexibility index (Phi) is 2.91. The van der Waals surface area contributed by atoms with Crippen LogP contribution in [-0.2, 0) is 0 Å². The Bertz CT molecular complexity index is 622. The van der Waals surface area contributed by atoms with Crippen LogP contribution in [0.1, 0.15) is 31.4 Å². The first-order valence-electron chi connectivity index (χ1n) is 5.85. The molecule has 5 nitrogen and oxygen atoms in total. The number of hydrogen-bond donors (Lipinski definition) is 2. The first-order chi connectivity index (χ1) is 8.37. The van der Waals surface area contributed by atoms with Crippen molar-refractivity contribution >= 4 is 0 Å². The third-order valence-electron chi connectivity index (χ3n) is 3.76. The van der Waals surface area contributed by atoms with E-state index in [0.717, 1.165) is 0 Å². The predicted octanol–water partition coefficient (Wildman–Crippen LogP) is 0.180. The number of nitrogens with one attached hydrogen (secondary N) is 1. The SMILES string of the molecule is C#C[C@@]1(C)C[C@H](n2cc(C)c(=O)[nH]c2=O)C[C@H]1O. The van der Waals surface area contributed by atoms with E-state index in [1.807, 2.05) is 0 Å². The van der Waals surface area contributed by atoms with Gasteiger partial charge in [0.15, 0.2) is 0 Å². The highest BCUT2D eigenvalue weighted by Gasteiger charge is 2.42. The van der Waals surface area contributed by atoms with E-state index in [9.17, 15) is 14.7 Å². The molecule has 0 aromatic carbocycles. The zero-order valence-corrected chi connectivity index (χ0v) is 10.4. The molecule has 1 aliphatic rings. The van der Waals surface area contributed by atoms with Gasteiger partial charge in [0.25, 0.3) is 5.56 Å². The number of aromatic amines is 1. The topological polar surface area (TPSA) is 75.1 Å². The van der Waals surface area contributed by atoms with E-state index in [2.05, 4.69) is 10.9 Å². The lowest BCUT2D eigenvalue weighted by Crippen LogP contribution is -2.32. The van der Waals surface area contributed by atoms with Crippen LogP contribution in [0, 0.1) is 24.7 Å². The van der Waals surface area contributed by atoms with E-state index in [0.29, 0.717) is 18.4 Å². The molecule has 3 atom stereocenters. The monoisotopic (exact) mass is 248 g/mol. The van der Waals surface area contributed by atoms with Gasteiger partial charge in [-0.25, -0.2) is 4.79 Å². The first-order valence-corrected chi connectivity index (χ1v) is 5.85. The second-order valence-electron chi connectivity index (χ2n) is 5.15. The van der Waals surface area contributed by atoms with Gasteiger partial charge < -0.3 is 5.11 Å². The molecule has 0 bridgehead atoms. The van der Waals surface area contributed by atoms with Crippen LogP contribution in [0.25, 0.3) is 0 Å². The average molecular weight is 248 g/mol. The zero-order chi connectivity index (χ0) is 13.5. The summed E-state index contributed by atoms with van der Waals surface area (Å²) in [5.41, 5.74) is -0.981. The highest BCUT2D eigenvalue weighted by molar-refractivity contribution is 5.13. The first kappa shape index (κ1) is 12.7. The minimum absolute atomic E-state index is 0.177. The van der Waals surface area contributed by atoms with Gasteiger partial charge in [-0.15, -0.1) is 6.42 Å². The Hall–Kier alpha value is -1.80. The van der Waals surface area contributed by atoms with Gasteiger partial charge >= 0.3 is 5.69 Å². The molecule has 0 saturated heterocycles. The Morgan fingerprint density at radius 3 is 2.83 bits per heavy atom. The van der Waals surface area contributed by atoms with Gasteiger partial charge in [0.2, 0.25) is 0 Å². The molecule has 0 aliphatic heterocycles. The van der Waals surface area contributed by atoms with E-state index in [4.69, 9.17) is 6.42 Å². The lowest BCUT2D eigenvalue weighted by atomic mass is 9.88. The molecule has 0 radical (unpaired) electrons. The number of hydrogen-bond acceptors (Lipinski definition) is 3. The van der Waals surface area contributed by atoms with E-state index in [1.165, 1.54) is 10.8 Å². The Morgan fingerprint density at radius 2 is 2.28 bits per heavy atom. The van der Waals surface area contributed by atoms with Crippen LogP contribution in [0.5, 0.6) is 0 Å². The minimum atomic E-state index is -0.633. The molecule has 5 heteroatoms. The van der Waals surface area contributed by atoms with Gasteiger partial charge in [0, 0.05) is 17.8 Å². The number of H-pyrrole nitrogens is 1. The van der Waals surface area contributed by atoms with Crippen LogP contribution in [-0.4, -0.2) is 20.8 Å². The zero-order valence-electron chi connectivity index (χ0n) is 10.4. The molecular formula is C13H16N2O3. The molecule has 2 N–H and O–H groups in total. The Balaban J connectivity index is 2.42. The highest BCUT2D eigenvalue weighted by atomic mass is 16.3. The van der Waals surface area contributed by atoms with Crippen molar-refractivity contribution in [2.24, 2.45) is 5.41 Å². The van der Waals surface area contributed by atoms with Crippen molar-refractivity contribution in [1.29, 1.82) is 0 Å². The van der Waals surface area contributed by atoms with Gasteiger partial charge in [0.1, 0.15) is 0 Å². The third kappa shape index (κ3) is 1.89. The molecule has 2 rings (SSSR count). The highest BCUT2D eigenvalue weighted by Crippen LogP contribution is 2.43. The number of rotatable bonds is 1. The van der Waals surface area contributed by atoms with Gasteiger partial charge in [-0.05, 0) is 26.7 Å². The maximum atomic E-state index is 11.8. The fourth-order valence-corrected chi connectivity index (χ4v) is 2.45. The summed E-state index contributed by atoms with van der Waals surface area (Å²) in [6, 6.07) is -0.177. The summed E-state index contributed by atoms with van der Waals surface area (Å²) in [4.78, 5) is 25.3. The fraction of sp³-hybridized carbons (Fsp3) is 0.538. The number of aromatic nitrogens is 2. The molecule has 1 saturated carbocycles. The Labute approximate surface area is 104 Å². The number of aliphatic hydroxyl groups is 1. The predicted molar refractivity (Wildman–Crippen MR) is 67.3 cm³/mol. The molecule has 96 valence electrons. The standard InChI is InChI=1S/C13H16N2O3/c1-4-13(3)6-9(5-10(13)16)15-7-8(2)11(17)14-12(15)18/h1,7,9-10,16H,5-6H2,2-3H3,(H,14,17,18)/t9-,10-,13+/m1/s1. The van der Waals surface area contributed by atoms with Crippen molar-refractivity contribution in [2.45, 2.75) is 38.8 Å². The normalized spacial score (nSPS) is 31.2. The van der Waals surface area contributed by atoms with Crippen LogP contribution in [0.3, 0.4) is 0 Å². The maximum absolute atomic E-state index is 11.8. The maximum Gasteiger partial charge on any atom is 0.328 e. The molecular weight excluding hydrogens is 232 g/mol. The van der Waals surface area contributed by atoms with E-state index in [-0.39, 0.29) is 11.6 Å². The minimum Gasteiger partial charge on any atom is -0.391 e. The number of aliphatic hydroxyl groups excluding tert-OH is 1. The molecule has 1 fully saturated rings. The van der Waals surface area contributed by atoms with Crippen molar-refractivity contribution in [3.63, 3.8) is 0 Å². The summed E-state index contributed by atoms with van der Waals surface area (Å²) in [6.45, 7) is 3.45. The summed E-state index contributed by atoms with van der Waals surface area (Å²) in [5, 5.41) is 9.96. The molecule has 0 spiro atoms. The molecule has 0 amide bonds. The van der Waals surface area contributed by atoms with Crippen LogP contribution < -0.4 is 11.2 Å². The molecule has 18 heavy (non-hydrogen) atoms. The summed E-state index contributed by atoms with van der Waals surface area (Å²) < 4.78 is 1.46. The lowest BCUT2D eigenvalue weighted by molar-refractivity contribution is 0.104. The summed E-state index contributed by atoms with van der Waals surface area (Å²) in [5.74, 6) is 2.60. The number of nitrogens with zero attached hydrogens (tertiary/aromatic N) is 1. The number of aryl methyl sites for hydroxylation is 1. The van der Waals surface area contributed by atoms with Crippen LogP contribution in [0.2, 0.25) is 0 Å². The largest absolute Gasteiger partial charge is 0.391 e.